The van der Waals surface area contributed by atoms with E-state index >= 15 is 0 Å². The summed E-state index contributed by atoms with van der Waals surface area (Å²) in [6, 6.07) is 5.47. The van der Waals surface area contributed by atoms with E-state index in [-0.39, 0.29) is 24.2 Å². The maximum absolute atomic E-state index is 12.7. The first-order valence-corrected chi connectivity index (χ1v) is 6.19. The van der Waals surface area contributed by atoms with Crippen molar-refractivity contribution in [2.75, 3.05) is 26.2 Å². The van der Waals surface area contributed by atoms with Crippen LogP contribution in [0.4, 0.5) is 4.39 Å². The molecule has 2 unspecified atom stereocenters. The minimum absolute atomic E-state index is 0.0368. The van der Waals surface area contributed by atoms with Crippen LogP contribution in [0.1, 0.15) is 0 Å². The maximum Gasteiger partial charge on any atom is 0.257 e. The zero-order valence-electron chi connectivity index (χ0n) is 10.4. The fourth-order valence-electron chi connectivity index (χ4n) is 1.90. The van der Waals surface area contributed by atoms with Crippen molar-refractivity contribution in [1.29, 1.82) is 0 Å². The Labute approximate surface area is 110 Å². The molecule has 1 heterocycles. The minimum Gasteiger partial charge on any atom is -0.484 e. The molecule has 1 aliphatic rings. The molecule has 0 bridgehead atoms. The number of aliphatic hydroxyl groups excluding tert-OH is 1. The van der Waals surface area contributed by atoms with Crippen LogP contribution in [0.15, 0.2) is 24.3 Å². The van der Waals surface area contributed by atoms with Gasteiger partial charge in [-0.05, 0) is 24.3 Å². The van der Waals surface area contributed by atoms with Crippen LogP contribution in [0.2, 0.25) is 0 Å². The van der Waals surface area contributed by atoms with Crippen molar-refractivity contribution < 1.29 is 19.0 Å². The number of β-amino-alcohol motifs (C(OH)–C–C–N with tert-alkyl or cyclic N) is 1. The van der Waals surface area contributed by atoms with Crippen LogP contribution >= 0.6 is 0 Å². The van der Waals surface area contributed by atoms with Gasteiger partial charge in [-0.3, -0.25) is 4.79 Å². The average molecular weight is 268 g/mol. The van der Waals surface area contributed by atoms with Gasteiger partial charge in [0.25, 0.3) is 5.91 Å². The second-order valence-electron chi connectivity index (χ2n) is 4.53. The van der Waals surface area contributed by atoms with Crippen molar-refractivity contribution in [3.05, 3.63) is 30.1 Å². The van der Waals surface area contributed by atoms with Crippen LogP contribution in [0.3, 0.4) is 0 Å². The number of hydrogen-bond acceptors (Lipinski definition) is 4. The highest BCUT2D eigenvalue weighted by molar-refractivity contribution is 5.77. The highest BCUT2D eigenvalue weighted by atomic mass is 19.1. The molecule has 1 aromatic rings. The number of hydrogen-bond donors (Lipinski definition) is 3. The van der Waals surface area contributed by atoms with Gasteiger partial charge in [0.1, 0.15) is 11.6 Å². The fraction of sp³-hybridized carbons (Fsp3) is 0.462. The standard InChI is InChI=1S/C13H17FN2O3/c14-10-1-3-11(4-2-10)19-8-13(18)16-6-9-5-15-7-12(9)17/h1-4,9,12,15,17H,5-8H2,(H,16,18). The lowest BCUT2D eigenvalue weighted by atomic mass is 10.1. The Hall–Kier alpha value is -1.66. The van der Waals surface area contributed by atoms with Gasteiger partial charge in [0, 0.05) is 25.6 Å². The van der Waals surface area contributed by atoms with Crippen LogP contribution in [-0.4, -0.2) is 43.4 Å². The maximum atomic E-state index is 12.7. The molecule has 5 nitrogen and oxygen atoms in total. The highest BCUT2D eigenvalue weighted by Crippen LogP contribution is 2.11. The smallest absolute Gasteiger partial charge is 0.257 e. The number of nitrogens with one attached hydrogen (secondary N) is 2. The van der Waals surface area contributed by atoms with Gasteiger partial charge in [0.2, 0.25) is 0 Å². The SMILES string of the molecule is O=C(COc1ccc(F)cc1)NCC1CNCC1O. The molecular weight excluding hydrogens is 251 g/mol. The van der Waals surface area contributed by atoms with Crippen LogP contribution in [0, 0.1) is 11.7 Å². The molecule has 0 saturated carbocycles. The molecule has 1 aliphatic heterocycles. The fourth-order valence-corrected chi connectivity index (χ4v) is 1.90. The summed E-state index contributed by atoms with van der Waals surface area (Å²) in [5.41, 5.74) is 0. The first-order valence-electron chi connectivity index (χ1n) is 6.19. The Morgan fingerprint density at radius 2 is 2.16 bits per heavy atom. The van der Waals surface area contributed by atoms with E-state index in [9.17, 15) is 14.3 Å². The van der Waals surface area contributed by atoms with Crippen molar-refractivity contribution in [2.45, 2.75) is 6.10 Å². The number of benzene rings is 1. The lowest BCUT2D eigenvalue weighted by molar-refractivity contribution is -0.123. The van der Waals surface area contributed by atoms with Crippen molar-refractivity contribution in [3.8, 4) is 5.75 Å². The van der Waals surface area contributed by atoms with Gasteiger partial charge in [-0.25, -0.2) is 4.39 Å². The molecule has 1 aromatic carbocycles. The number of rotatable bonds is 5. The third-order valence-corrected chi connectivity index (χ3v) is 3.05. The summed E-state index contributed by atoms with van der Waals surface area (Å²) in [6.07, 6.45) is -0.418. The van der Waals surface area contributed by atoms with Crippen molar-refractivity contribution in [1.82, 2.24) is 10.6 Å². The monoisotopic (exact) mass is 268 g/mol. The van der Waals surface area contributed by atoms with E-state index in [0.717, 1.165) is 0 Å². The Morgan fingerprint density at radius 3 is 2.79 bits per heavy atom. The molecule has 0 spiro atoms. The van der Waals surface area contributed by atoms with Gasteiger partial charge in [-0.2, -0.15) is 0 Å². The summed E-state index contributed by atoms with van der Waals surface area (Å²) in [4.78, 5) is 11.5. The van der Waals surface area contributed by atoms with E-state index in [1.807, 2.05) is 0 Å². The minimum atomic E-state index is -0.418. The Bertz CT molecular complexity index is 424. The van der Waals surface area contributed by atoms with Gasteiger partial charge in [-0.1, -0.05) is 0 Å². The highest BCUT2D eigenvalue weighted by Gasteiger charge is 2.24. The second kappa shape index (κ2) is 6.49. The zero-order chi connectivity index (χ0) is 13.7. The van der Waals surface area contributed by atoms with Crippen LogP contribution in [-0.2, 0) is 4.79 Å². The molecule has 104 valence electrons. The molecule has 1 fully saturated rings. The molecule has 2 rings (SSSR count). The molecule has 0 radical (unpaired) electrons. The summed E-state index contributed by atoms with van der Waals surface area (Å²) in [7, 11) is 0. The molecule has 0 aromatic heterocycles. The van der Waals surface area contributed by atoms with Crippen molar-refractivity contribution >= 4 is 5.91 Å². The molecule has 19 heavy (non-hydrogen) atoms. The summed E-state index contributed by atoms with van der Waals surface area (Å²) in [6.45, 7) is 1.55. The largest absolute Gasteiger partial charge is 0.484 e. The number of halogens is 1. The number of amides is 1. The van der Waals surface area contributed by atoms with Crippen molar-refractivity contribution in [3.63, 3.8) is 0 Å². The number of aliphatic hydroxyl groups is 1. The predicted molar refractivity (Wildman–Crippen MR) is 67.3 cm³/mol. The molecular formula is C13H17FN2O3. The van der Waals surface area contributed by atoms with Gasteiger partial charge in [0.05, 0.1) is 6.10 Å². The van der Waals surface area contributed by atoms with E-state index in [4.69, 9.17) is 4.74 Å². The van der Waals surface area contributed by atoms with E-state index in [1.165, 1.54) is 24.3 Å². The van der Waals surface area contributed by atoms with Crippen molar-refractivity contribution in [2.24, 2.45) is 5.92 Å². The summed E-state index contributed by atoms with van der Waals surface area (Å²) in [5.74, 6) is -0.128. The summed E-state index contributed by atoms with van der Waals surface area (Å²) in [5, 5.41) is 15.3. The zero-order valence-corrected chi connectivity index (χ0v) is 10.4. The van der Waals surface area contributed by atoms with E-state index in [0.29, 0.717) is 25.4 Å². The molecule has 1 saturated heterocycles. The predicted octanol–water partition coefficient (Wildman–Crippen LogP) is -0.0990. The molecule has 3 N–H and O–H groups in total. The normalized spacial score (nSPS) is 22.2. The molecule has 2 atom stereocenters. The van der Waals surface area contributed by atoms with E-state index < -0.39 is 6.10 Å². The van der Waals surface area contributed by atoms with Crippen LogP contribution in [0.5, 0.6) is 5.75 Å². The van der Waals surface area contributed by atoms with Crippen LogP contribution in [0.25, 0.3) is 0 Å². The third-order valence-electron chi connectivity index (χ3n) is 3.05. The Balaban J connectivity index is 1.68. The summed E-state index contributed by atoms with van der Waals surface area (Å²) >= 11 is 0. The lowest BCUT2D eigenvalue weighted by Gasteiger charge is -2.14. The first kappa shape index (κ1) is 13.8. The number of carbonyl (C=O) groups is 1. The Morgan fingerprint density at radius 1 is 1.42 bits per heavy atom. The number of carbonyl (C=O) groups excluding carboxylic acids is 1. The molecule has 0 aliphatic carbocycles. The quantitative estimate of drug-likeness (QED) is 0.697. The van der Waals surface area contributed by atoms with Crippen LogP contribution < -0.4 is 15.4 Å². The summed E-state index contributed by atoms with van der Waals surface area (Å²) < 4.78 is 17.9. The van der Waals surface area contributed by atoms with Gasteiger partial charge in [0.15, 0.2) is 6.61 Å². The second-order valence-corrected chi connectivity index (χ2v) is 4.53. The molecule has 1 amide bonds. The average Bonchev–Trinajstić information content (AvgIpc) is 2.81. The lowest BCUT2D eigenvalue weighted by Crippen LogP contribution is -2.36. The number of ether oxygens (including phenoxy) is 1. The topological polar surface area (TPSA) is 70.6 Å². The van der Waals surface area contributed by atoms with Gasteiger partial charge in [-0.15, -0.1) is 0 Å². The van der Waals surface area contributed by atoms with E-state index in [1.54, 1.807) is 0 Å². The van der Waals surface area contributed by atoms with Gasteiger partial charge < -0.3 is 20.5 Å². The third kappa shape index (κ3) is 4.18. The molecule has 6 heteroatoms. The van der Waals surface area contributed by atoms with Gasteiger partial charge >= 0.3 is 0 Å². The Kier molecular flexibility index (Phi) is 4.70. The van der Waals surface area contributed by atoms with E-state index in [2.05, 4.69) is 10.6 Å². The first-order chi connectivity index (χ1) is 9.15.